The molecule has 110 valence electrons. The molecule has 0 bridgehead atoms. The monoisotopic (exact) mass is 350 g/mol. The highest BCUT2D eigenvalue weighted by atomic mass is 79.9. The van der Waals surface area contributed by atoms with E-state index in [0.717, 1.165) is 5.56 Å². The van der Waals surface area contributed by atoms with Gasteiger partial charge in [0.2, 0.25) is 0 Å². The van der Waals surface area contributed by atoms with Gasteiger partial charge < -0.3 is 10.6 Å². The summed E-state index contributed by atoms with van der Waals surface area (Å²) in [4.78, 5) is 14.1. The number of halogens is 2. The van der Waals surface area contributed by atoms with E-state index in [1.165, 1.54) is 6.07 Å². The first kappa shape index (κ1) is 15.7. The number of hydrogen-bond donors (Lipinski definition) is 1. The van der Waals surface area contributed by atoms with Crippen LogP contribution in [-0.2, 0) is 6.54 Å². The maximum atomic E-state index is 13.9. The van der Waals surface area contributed by atoms with Gasteiger partial charge >= 0.3 is 0 Å². The largest absolute Gasteiger partial charge is 0.333 e. The Morgan fingerprint density at radius 3 is 2.48 bits per heavy atom. The molecule has 0 saturated carbocycles. The van der Waals surface area contributed by atoms with E-state index in [2.05, 4.69) is 15.9 Å². The average molecular weight is 351 g/mol. The fourth-order valence-corrected chi connectivity index (χ4v) is 2.58. The molecule has 3 nitrogen and oxygen atoms in total. The van der Waals surface area contributed by atoms with Crippen LogP contribution in [-0.4, -0.2) is 23.9 Å². The first-order valence-electron chi connectivity index (χ1n) is 6.60. The van der Waals surface area contributed by atoms with Crippen LogP contribution in [0.4, 0.5) is 4.39 Å². The number of carbonyl (C=O) groups excluding carboxylic acids is 1. The van der Waals surface area contributed by atoms with Gasteiger partial charge in [0.1, 0.15) is 5.82 Å². The van der Waals surface area contributed by atoms with Gasteiger partial charge in [-0.25, -0.2) is 4.39 Å². The Hall–Kier alpha value is -1.72. The summed E-state index contributed by atoms with van der Waals surface area (Å²) >= 11 is 3.23. The zero-order valence-corrected chi connectivity index (χ0v) is 13.0. The molecule has 0 aliphatic rings. The molecule has 0 aliphatic carbocycles. The minimum atomic E-state index is -0.538. The third-order valence-corrected chi connectivity index (χ3v) is 3.74. The highest BCUT2D eigenvalue weighted by Crippen LogP contribution is 2.22. The SMILES string of the molecule is NCCN(Cc1ccccc1)C(=O)c1c(F)cccc1Br. The van der Waals surface area contributed by atoms with Crippen molar-refractivity contribution in [1.29, 1.82) is 0 Å². The van der Waals surface area contributed by atoms with Gasteiger partial charge in [-0.15, -0.1) is 0 Å². The molecule has 0 unspecified atom stereocenters. The minimum Gasteiger partial charge on any atom is -0.333 e. The Balaban J connectivity index is 2.27. The number of hydrogen-bond acceptors (Lipinski definition) is 2. The van der Waals surface area contributed by atoms with Crippen LogP contribution >= 0.6 is 15.9 Å². The van der Waals surface area contributed by atoms with Gasteiger partial charge in [0, 0.05) is 24.1 Å². The number of nitrogens with two attached hydrogens (primary N) is 1. The van der Waals surface area contributed by atoms with Gasteiger partial charge in [0.15, 0.2) is 0 Å². The summed E-state index contributed by atoms with van der Waals surface area (Å²) in [5, 5.41) is 0. The highest BCUT2D eigenvalue weighted by Gasteiger charge is 2.21. The van der Waals surface area contributed by atoms with Gasteiger partial charge in [0.05, 0.1) is 5.56 Å². The van der Waals surface area contributed by atoms with Crippen LogP contribution in [0, 0.1) is 5.82 Å². The molecule has 5 heteroatoms. The molecule has 0 heterocycles. The standard InChI is InChI=1S/C16H16BrFN2O/c17-13-7-4-8-14(18)15(13)16(21)20(10-9-19)11-12-5-2-1-3-6-12/h1-8H,9-11,19H2. The zero-order chi connectivity index (χ0) is 15.2. The molecule has 0 atom stereocenters. The predicted octanol–water partition coefficient (Wildman–Crippen LogP) is 3.19. The normalized spacial score (nSPS) is 10.4. The van der Waals surface area contributed by atoms with E-state index < -0.39 is 5.82 Å². The Kier molecular flexibility index (Phi) is 5.47. The summed E-state index contributed by atoms with van der Waals surface area (Å²) in [7, 11) is 0. The van der Waals surface area contributed by atoms with E-state index in [0.29, 0.717) is 24.1 Å². The number of rotatable bonds is 5. The van der Waals surface area contributed by atoms with Crippen LogP contribution in [0.5, 0.6) is 0 Å². The summed E-state index contributed by atoms with van der Waals surface area (Å²) < 4.78 is 14.4. The van der Waals surface area contributed by atoms with Crippen LogP contribution in [0.1, 0.15) is 15.9 Å². The van der Waals surface area contributed by atoms with Gasteiger partial charge in [0.25, 0.3) is 5.91 Å². The van der Waals surface area contributed by atoms with Gasteiger partial charge in [-0.3, -0.25) is 4.79 Å². The van der Waals surface area contributed by atoms with Crippen LogP contribution in [0.25, 0.3) is 0 Å². The topological polar surface area (TPSA) is 46.3 Å². The van der Waals surface area contributed by atoms with Crippen LogP contribution in [0.15, 0.2) is 53.0 Å². The molecular weight excluding hydrogens is 335 g/mol. The molecular formula is C16H16BrFN2O. The summed E-state index contributed by atoms with van der Waals surface area (Å²) in [6.45, 7) is 1.09. The Morgan fingerprint density at radius 2 is 1.86 bits per heavy atom. The fourth-order valence-electron chi connectivity index (χ4n) is 2.07. The third kappa shape index (κ3) is 3.89. The molecule has 0 fully saturated rings. The number of carbonyl (C=O) groups is 1. The molecule has 0 saturated heterocycles. The molecule has 0 radical (unpaired) electrons. The van der Waals surface area contributed by atoms with Crippen molar-refractivity contribution in [3.05, 3.63) is 69.9 Å². The van der Waals surface area contributed by atoms with Gasteiger partial charge in [-0.1, -0.05) is 36.4 Å². The molecule has 1 amide bonds. The lowest BCUT2D eigenvalue weighted by atomic mass is 10.1. The smallest absolute Gasteiger partial charge is 0.258 e. The Labute approximate surface area is 131 Å². The maximum absolute atomic E-state index is 13.9. The van der Waals surface area contributed by atoms with E-state index >= 15 is 0 Å². The van der Waals surface area contributed by atoms with Crippen molar-refractivity contribution in [1.82, 2.24) is 4.90 Å². The van der Waals surface area contributed by atoms with Crippen LogP contribution in [0.2, 0.25) is 0 Å². The number of benzene rings is 2. The Morgan fingerprint density at radius 1 is 1.14 bits per heavy atom. The van der Waals surface area contributed by atoms with Crippen LogP contribution in [0.3, 0.4) is 0 Å². The summed E-state index contributed by atoms with van der Waals surface area (Å²) in [6.07, 6.45) is 0. The lowest BCUT2D eigenvalue weighted by Crippen LogP contribution is -2.35. The molecule has 0 aromatic heterocycles. The first-order valence-corrected chi connectivity index (χ1v) is 7.40. The number of nitrogens with zero attached hydrogens (tertiary/aromatic N) is 1. The first-order chi connectivity index (χ1) is 10.1. The summed E-state index contributed by atoms with van der Waals surface area (Å²) in [5.41, 5.74) is 6.60. The molecule has 2 aromatic rings. The number of amides is 1. The van der Waals surface area contributed by atoms with E-state index in [1.807, 2.05) is 30.3 Å². The fraction of sp³-hybridized carbons (Fsp3) is 0.188. The molecule has 0 spiro atoms. The molecule has 2 rings (SSSR count). The van der Waals surface area contributed by atoms with Crippen molar-refractivity contribution < 1.29 is 9.18 Å². The average Bonchev–Trinajstić information content (AvgIpc) is 2.47. The summed E-state index contributed by atoms with van der Waals surface area (Å²) in [5.74, 6) is -0.904. The lowest BCUT2D eigenvalue weighted by Gasteiger charge is -2.23. The molecule has 21 heavy (non-hydrogen) atoms. The quantitative estimate of drug-likeness (QED) is 0.899. The highest BCUT2D eigenvalue weighted by molar-refractivity contribution is 9.10. The minimum absolute atomic E-state index is 0.0434. The van der Waals surface area contributed by atoms with Crippen molar-refractivity contribution in [2.45, 2.75) is 6.54 Å². The van der Waals surface area contributed by atoms with E-state index in [-0.39, 0.29) is 11.5 Å². The van der Waals surface area contributed by atoms with Gasteiger partial charge in [-0.2, -0.15) is 0 Å². The van der Waals surface area contributed by atoms with Crippen molar-refractivity contribution in [3.63, 3.8) is 0 Å². The third-order valence-electron chi connectivity index (χ3n) is 3.08. The predicted molar refractivity (Wildman–Crippen MR) is 84.3 cm³/mol. The van der Waals surface area contributed by atoms with Crippen LogP contribution < -0.4 is 5.73 Å². The van der Waals surface area contributed by atoms with Gasteiger partial charge in [-0.05, 0) is 33.6 Å². The molecule has 2 N–H and O–H groups in total. The zero-order valence-electron chi connectivity index (χ0n) is 11.4. The van der Waals surface area contributed by atoms with Crippen molar-refractivity contribution >= 4 is 21.8 Å². The molecule has 2 aromatic carbocycles. The lowest BCUT2D eigenvalue weighted by molar-refractivity contribution is 0.0742. The maximum Gasteiger partial charge on any atom is 0.258 e. The Bertz CT molecular complexity index is 599. The second kappa shape index (κ2) is 7.33. The van der Waals surface area contributed by atoms with E-state index in [4.69, 9.17) is 5.73 Å². The molecule has 0 aliphatic heterocycles. The van der Waals surface area contributed by atoms with Crippen molar-refractivity contribution in [3.8, 4) is 0 Å². The second-order valence-corrected chi connectivity index (χ2v) is 5.45. The van der Waals surface area contributed by atoms with E-state index in [9.17, 15) is 9.18 Å². The second-order valence-electron chi connectivity index (χ2n) is 4.60. The van der Waals surface area contributed by atoms with E-state index in [1.54, 1.807) is 17.0 Å². The summed E-state index contributed by atoms with van der Waals surface area (Å²) in [6, 6.07) is 14.0. The van der Waals surface area contributed by atoms with Crippen molar-refractivity contribution in [2.75, 3.05) is 13.1 Å². The van der Waals surface area contributed by atoms with Crippen molar-refractivity contribution in [2.24, 2.45) is 5.73 Å².